The average Bonchev–Trinajstić information content (AvgIpc) is 2.51. The largest absolute Gasteiger partial charge is 0.273 e. The molecule has 0 aromatic heterocycles. The summed E-state index contributed by atoms with van der Waals surface area (Å²) in [5.41, 5.74) is 5.05. The number of carbonyl (C=O) groups excluding carboxylic acids is 1. The summed E-state index contributed by atoms with van der Waals surface area (Å²) >= 11 is 12.0. The third-order valence-corrected chi connectivity index (χ3v) is 3.70. The second-order valence-corrected chi connectivity index (χ2v) is 5.69. The lowest BCUT2D eigenvalue weighted by Gasteiger charge is -2.05. The molecule has 0 heterocycles. The SMILES string of the molecule is C/C(=N/NC(=O)CCc1ccccc1)c1ccc(Cl)cc1Cl. The highest BCUT2D eigenvalue weighted by atomic mass is 35.5. The van der Waals surface area contributed by atoms with Crippen LogP contribution in [0.1, 0.15) is 24.5 Å². The van der Waals surface area contributed by atoms with E-state index >= 15 is 0 Å². The van der Waals surface area contributed by atoms with Crippen LogP contribution >= 0.6 is 23.2 Å². The van der Waals surface area contributed by atoms with Gasteiger partial charge in [0.2, 0.25) is 5.91 Å². The lowest BCUT2D eigenvalue weighted by atomic mass is 10.1. The number of halogens is 2. The zero-order valence-electron chi connectivity index (χ0n) is 12.1. The van der Waals surface area contributed by atoms with Crippen molar-refractivity contribution in [2.75, 3.05) is 0 Å². The molecule has 114 valence electrons. The van der Waals surface area contributed by atoms with Crippen LogP contribution in [0.25, 0.3) is 0 Å². The monoisotopic (exact) mass is 334 g/mol. The summed E-state index contributed by atoms with van der Waals surface area (Å²) in [5.74, 6) is -0.131. The smallest absolute Gasteiger partial charge is 0.240 e. The van der Waals surface area contributed by atoms with Crippen molar-refractivity contribution in [2.45, 2.75) is 19.8 Å². The van der Waals surface area contributed by atoms with E-state index in [2.05, 4.69) is 10.5 Å². The molecule has 0 saturated heterocycles. The van der Waals surface area contributed by atoms with Gasteiger partial charge >= 0.3 is 0 Å². The van der Waals surface area contributed by atoms with Crippen molar-refractivity contribution >= 4 is 34.8 Å². The molecule has 2 aromatic rings. The van der Waals surface area contributed by atoms with Gasteiger partial charge in [-0.3, -0.25) is 4.79 Å². The molecule has 1 N–H and O–H groups in total. The van der Waals surface area contributed by atoms with Crippen LogP contribution in [0.4, 0.5) is 0 Å². The maximum atomic E-state index is 11.8. The minimum Gasteiger partial charge on any atom is -0.273 e. The van der Waals surface area contributed by atoms with Crippen LogP contribution in [0.15, 0.2) is 53.6 Å². The number of nitrogens with one attached hydrogen (secondary N) is 1. The first kappa shape index (κ1) is 16.5. The second kappa shape index (κ2) is 7.97. The lowest BCUT2D eigenvalue weighted by molar-refractivity contribution is -0.121. The Balaban J connectivity index is 1.91. The molecule has 22 heavy (non-hydrogen) atoms. The summed E-state index contributed by atoms with van der Waals surface area (Å²) in [7, 11) is 0. The van der Waals surface area contributed by atoms with Gasteiger partial charge in [0.05, 0.1) is 10.7 Å². The molecule has 0 aliphatic heterocycles. The van der Waals surface area contributed by atoms with E-state index in [9.17, 15) is 4.79 Å². The molecule has 0 unspecified atom stereocenters. The summed E-state index contributed by atoms with van der Waals surface area (Å²) in [6.07, 6.45) is 1.07. The molecule has 0 aliphatic carbocycles. The van der Waals surface area contributed by atoms with E-state index in [4.69, 9.17) is 23.2 Å². The number of carbonyl (C=O) groups is 1. The number of rotatable bonds is 5. The molecule has 0 radical (unpaired) electrons. The molecule has 0 fully saturated rings. The molecule has 5 heteroatoms. The van der Waals surface area contributed by atoms with Crippen molar-refractivity contribution in [3.63, 3.8) is 0 Å². The van der Waals surface area contributed by atoms with Crippen LogP contribution in [-0.2, 0) is 11.2 Å². The average molecular weight is 335 g/mol. The molecule has 0 atom stereocenters. The Kier molecular flexibility index (Phi) is 5.99. The summed E-state index contributed by atoms with van der Waals surface area (Å²) in [6.45, 7) is 1.78. The fourth-order valence-electron chi connectivity index (χ4n) is 1.95. The van der Waals surface area contributed by atoms with Crippen LogP contribution in [-0.4, -0.2) is 11.6 Å². The third kappa shape index (κ3) is 4.86. The van der Waals surface area contributed by atoms with Crippen molar-refractivity contribution < 1.29 is 4.79 Å². The van der Waals surface area contributed by atoms with E-state index in [1.807, 2.05) is 30.3 Å². The predicted octanol–water partition coefficient (Wildman–Crippen LogP) is 4.47. The highest BCUT2D eigenvalue weighted by molar-refractivity contribution is 6.37. The topological polar surface area (TPSA) is 41.5 Å². The third-order valence-electron chi connectivity index (χ3n) is 3.15. The molecular weight excluding hydrogens is 319 g/mol. The van der Waals surface area contributed by atoms with Gasteiger partial charge in [0.15, 0.2) is 0 Å². The van der Waals surface area contributed by atoms with Crippen molar-refractivity contribution in [2.24, 2.45) is 5.10 Å². The summed E-state index contributed by atoms with van der Waals surface area (Å²) < 4.78 is 0. The first-order chi connectivity index (χ1) is 10.6. The minimum atomic E-state index is -0.131. The maximum absolute atomic E-state index is 11.8. The van der Waals surface area contributed by atoms with Crippen molar-refractivity contribution in [3.8, 4) is 0 Å². The van der Waals surface area contributed by atoms with Gasteiger partial charge in [-0.1, -0.05) is 59.6 Å². The van der Waals surface area contributed by atoms with Crippen LogP contribution in [0.5, 0.6) is 0 Å². The van der Waals surface area contributed by atoms with E-state index in [1.165, 1.54) is 0 Å². The molecule has 0 spiro atoms. The quantitative estimate of drug-likeness (QED) is 0.636. The zero-order valence-corrected chi connectivity index (χ0v) is 13.7. The number of amides is 1. The van der Waals surface area contributed by atoms with Gasteiger partial charge in [-0.05, 0) is 31.0 Å². The highest BCUT2D eigenvalue weighted by Crippen LogP contribution is 2.21. The Hall–Kier alpha value is -1.84. The fourth-order valence-corrected chi connectivity index (χ4v) is 2.49. The number of hydrogen-bond donors (Lipinski definition) is 1. The van der Waals surface area contributed by atoms with Crippen LogP contribution in [0.3, 0.4) is 0 Å². The van der Waals surface area contributed by atoms with Gasteiger partial charge < -0.3 is 0 Å². The van der Waals surface area contributed by atoms with Crippen molar-refractivity contribution in [3.05, 3.63) is 69.7 Å². The van der Waals surface area contributed by atoms with Crippen LogP contribution in [0, 0.1) is 0 Å². The molecule has 1 amide bonds. The van der Waals surface area contributed by atoms with Crippen LogP contribution in [0.2, 0.25) is 10.0 Å². The summed E-state index contributed by atoms with van der Waals surface area (Å²) in [6, 6.07) is 15.0. The minimum absolute atomic E-state index is 0.131. The number of hydrogen-bond acceptors (Lipinski definition) is 2. The molecule has 0 bridgehead atoms. The summed E-state index contributed by atoms with van der Waals surface area (Å²) in [5, 5.41) is 5.16. The molecule has 2 rings (SSSR count). The predicted molar refractivity (Wildman–Crippen MR) is 91.6 cm³/mol. The van der Waals surface area contributed by atoms with Gasteiger partial charge in [0.25, 0.3) is 0 Å². The standard InChI is InChI=1S/C17H16Cl2N2O/c1-12(15-9-8-14(18)11-16(15)19)20-21-17(22)10-7-13-5-3-2-4-6-13/h2-6,8-9,11H,7,10H2,1H3,(H,21,22)/b20-12-. The lowest BCUT2D eigenvalue weighted by Crippen LogP contribution is -2.19. The number of aryl methyl sites for hydroxylation is 1. The number of benzene rings is 2. The number of hydrazone groups is 1. The molecule has 2 aromatic carbocycles. The molecule has 0 saturated carbocycles. The highest BCUT2D eigenvalue weighted by Gasteiger charge is 2.06. The molecular formula is C17H16Cl2N2O. The fraction of sp³-hybridized carbons (Fsp3) is 0.176. The van der Waals surface area contributed by atoms with Gasteiger partial charge in [-0.25, -0.2) is 5.43 Å². The van der Waals surface area contributed by atoms with E-state index in [-0.39, 0.29) is 5.91 Å². The van der Waals surface area contributed by atoms with E-state index < -0.39 is 0 Å². The van der Waals surface area contributed by atoms with Gasteiger partial charge in [-0.15, -0.1) is 0 Å². The first-order valence-corrected chi connectivity index (χ1v) is 7.64. The van der Waals surface area contributed by atoms with Crippen molar-refractivity contribution in [1.29, 1.82) is 0 Å². The normalized spacial score (nSPS) is 11.3. The van der Waals surface area contributed by atoms with E-state index in [1.54, 1.807) is 25.1 Å². The van der Waals surface area contributed by atoms with Crippen molar-refractivity contribution in [1.82, 2.24) is 5.43 Å². The Morgan fingerprint density at radius 3 is 2.55 bits per heavy atom. The first-order valence-electron chi connectivity index (χ1n) is 6.89. The zero-order chi connectivity index (χ0) is 15.9. The van der Waals surface area contributed by atoms with Gasteiger partial charge in [0, 0.05) is 17.0 Å². The maximum Gasteiger partial charge on any atom is 0.240 e. The Morgan fingerprint density at radius 1 is 1.14 bits per heavy atom. The Labute approximate surface area is 139 Å². The van der Waals surface area contributed by atoms with E-state index in [0.29, 0.717) is 28.6 Å². The van der Waals surface area contributed by atoms with E-state index in [0.717, 1.165) is 11.1 Å². The van der Waals surface area contributed by atoms with Crippen LogP contribution < -0.4 is 5.43 Å². The summed E-state index contributed by atoms with van der Waals surface area (Å²) in [4.78, 5) is 11.8. The number of nitrogens with zero attached hydrogens (tertiary/aromatic N) is 1. The Morgan fingerprint density at radius 2 is 1.86 bits per heavy atom. The van der Waals surface area contributed by atoms with Gasteiger partial charge in [-0.2, -0.15) is 5.10 Å². The van der Waals surface area contributed by atoms with Gasteiger partial charge in [0.1, 0.15) is 0 Å². The molecule has 3 nitrogen and oxygen atoms in total. The Bertz CT molecular complexity index is 684. The second-order valence-electron chi connectivity index (χ2n) is 4.84. The molecule has 0 aliphatic rings.